The van der Waals surface area contributed by atoms with Crippen LogP contribution in [0.1, 0.15) is 52.7 Å². The molecule has 182 valence electrons. The number of anilines is 1. The van der Waals surface area contributed by atoms with Gasteiger partial charge in [-0.3, -0.25) is 4.79 Å². The number of nitrogens with zero attached hydrogens (tertiary/aromatic N) is 1. The third-order valence-corrected chi connectivity index (χ3v) is 11.4. The van der Waals surface area contributed by atoms with Crippen LogP contribution in [-0.2, 0) is 21.2 Å². The molecule has 0 atom stereocenters. The molecule has 0 saturated heterocycles. The maximum Gasteiger partial charge on any atom is 0.248 e. The van der Waals surface area contributed by atoms with Gasteiger partial charge in [-0.25, -0.2) is 0 Å². The van der Waals surface area contributed by atoms with Crippen LogP contribution in [0.25, 0.3) is 17.0 Å². The Morgan fingerprint density at radius 2 is 1.68 bits per heavy atom. The lowest BCUT2D eigenvalue weighted by atomic mass is 9.87. The molecule has 0 bridgehead atoms. The molecule has 0 aliphatic carbocycles. The summed E-state index contributed by atoms with van der Waals surface area (Å²) in [5.41, 5.74) is 4.35. The fourth-order valence-corrected chi connectivity index (χ4v) is 4.57. The van der Waals surface area contributed by atoms with Crippen molar-refractivity contribution in [2.24, 2.45) is 0 Å². The number of rotatable bonds is 7. The lowest BCUT2D eigenvalue weighted by molar-refractivity contribution is -0.111. The zero-order valence-corrected chi connectivity index (χ0v) is 23.0. The minimum atomic E-state index is -1.74. The minimum Gasteiger partial charge on any atom is -0.415 e. The summed E-state index contributed by atoms with van der Waals surface area (Å²) in [5, 5.41) is 4.29. The Bertz CT molecular complexity index is 1160. The van der Waals surface area contributed by atoms with Crippen LogP contribution in [0.5, 0.6) is 0 Å². The van der Waals surface area contributed by atoms with Crippen LogP contribution < -0.4 is 5.32 Å². The second-order valence-corrected chi connectivity index (χ2v) is 16.4. The van der Waals surface area contributed by atoms with Gasteiger partial charge in [0.2, 0.25) is 5.91 Å². The SMILES string of the molecule is CC(C)(C)c1ccc(/C=C/C(=O)Nc2ccc3c(ccn3CCO[Si](C)(C)C(C)(C)C)c2)cc1. The summed E-state index contributed by atoms with van der Waals surface area (Å²) in [5.74, 6) is -0.138. The van der Waals surface area contributed by atoms with Gasteiger partial charge in [0.1, 0.15) is 0 Å². The maximum atomic E-state index is 12.5. The normalized spacial score (nSPS) is 13.1. The Morgan fingerprint density at radius 1 is 1.00 bits per heavy atom. The van der Waals surface area contributed by atoms with Crippen molar-refractivity contribution in [2.45, 2.75) is 71.6 Å². The first-order valence-corrected chi connectivity index (χ1v) is 15.0. The molecule has 3 rings (SSSR count). The zero-order chi connectivity index (χ0) is 25.1. The Balaban J connectivity index is 1.60. The summed E-state index contributed by atoms with van der Waals surface area (Å²) < 4.78 is 8.55. The molecule has 0 saturated carbocycles. The van der Waals surface area contributed by atoms with Gasteiger partial charge in [0.15, 0.2) is 8.32 Å². The third kappa shape index (κ3) is 6.48. The monoisotopic (exact) mass is 476 g/mol. The van der Waals surface area contributed by atoms with Crippen molar-refractivity contribution in [2.75, 3.05) is 11.9 Å². The molecule has 0 radical (unpaired) electrons. The van der Waals surface area contributed by atoms with Crippen LogP contribution >= 0.6 is 0 Å². The fraction of sp³-hybridized carbons (Fsp3) is 0.414. The molecule has 2 aromatic carbocycles. The van der Waals surface area contributed by atoms with E-state index in [9.17, 15) is 4.79 Å². The Kier molecular flexibility index (Phi) is 7.58. The van der Waals surface area contributed by atoms with E-state index in [1.807, 2.05) is 30.3 Å². The van der Waals surface area contributed by atoms with Crippen molar-refractivity contribution in [3.05, 3.63) is 71.9 Å². The van der Waals surface area contributed by atoms with E-state index in [4.69, 9.17) is 4.43 Å². The zero-order valence-electron chi connectivity index (χ0n) is 22.0. The van der Waals surface area contributed by atoms with E-state index in [1.54, 1.807) is 6.08 Å². The predicted octanol–water partition coefficient (Wildman–Crippen LogP) is 7.61. The number of carbonyl (C=O) groups excluding carboxylic acids is 1. The van der Waals surface area contributed by atoms with E-state index in [0.29, 0.717) is 6.61 Å². The summed E-state index contributed by atoms with van der Waals surface area (Å²) in [7, 11) is -1.74. The van der Waals surface area contributed by atoms with Gasteiger partial charge in [0.05, 0.1) is 6.61 Å². The van der Waals surface area contributed by atoms with E-state index < -0.39 is 8.32 Å². The van der Waals surface area contributed by atoms with Gasteiger partial charge in [0.25, 0.3) is 0 Å². The summed E-state index contributed by atoms with van der Waals surface area (Å²) in [6.07, 6.45) is 5.52. The number of amides is 1. The average molecular weight is 477 g/mol. The maximum absolute atomic E-state index is 12.5. The first-order chi connectivity index (χ1) is 15.8. The van der Waals surface area contributed by atoms with Crippen LogP contribution in [0.3, 0.4) is 0 Å². The van der Waals surface area contributed by atoms with Crippen LogP contribution in [0.15, 0.2) is 60.8 Å². The molecule has 3 aromatic rings. The van der Waals surface area contributed by atoms with Gasteiger partial charge < -0.3 is 14.3 Å². The average Bonchev–Trinajstić information content (AvgIpc) is 3.13. The van der Waals surface area contributed by atoms with Crippen LogP contribution in [0, 0.1) is 0 Å². The van der Waals surface area contributed by atoms with Gasteiger partial charge in [-0.1, -0.05) is 65.8 Å². The molecular weight excluding hydrogens is 436 g/mol. The fourth-order valence-electron chi connectivity index (χ4n) is 3.54. The molecule has 0 unspecified atom stereocenters. The number of benzene rings is 2. The van der Waals surface area contributed by atoms with Crippen molar-refractivity contribution >= 4 is 36.9 Å². The molecule has 1 amide bonds. The van der Waals surface area contributed by atoms with Crippen molar-refractivity contribution in [1.29, 1.82) is 0 Å². The topological polar surface area (TPSA) is 43.3 Å². The molecule has 1 N–H and O–H groups in total. The van der Waals surface area contributed by atoms with Gasteiger partial charge in [-0.15, -0.1) is 0 Å². The molecule has 5 heteroatoms. The number of nitrogens with one attached hydrogen (secondary N) is 1. The lowest BCUT2D eigenvalue weighted by Gasteiger charge is -2.36. The highest BCUT2D eigenvalue weighted by Crippen LogP contribution is 2.36. The van der Waals surface area contributed by atoms with Crippen LogP contribution in [0.4, 0.5) is 5.69 Å². The Hall–Kier alpha value is -2.63. The summed E-state index contributed by atoms with van der Waals surface area (Å²) in [6.45, 7) is 19.5. The quantitative estimate of drug-likeness (QED) is 0.282. The number of fused-ring (bicyclic) bond motifs is 1. The second kappa shape index (κ2) is 9.93. The van der Waals surface area contributed by atoms with Crippen LogP contribution in [-0.4, -0.2) is 25.4 Å². The molecule has 0 aliphatic heterocycles. The summed E-state index contributed by atoms with van der Waals surface area (Å²) in [4.78, 5) is 12.5. The molecule has 0 fully saturated rings. The van der Waals surface area contributed by atoms with Crippen LogP contribution in [0.2, 0.25) is 18.1 Å². The van der Waals surface area contributed by atoms with E-state index in [2.05, 4.69) is 95.0 Å². The first kappa shape index (κ1) is 26.0. The number of aromatic nitrogens is 1. The minimum absolute atomic E-state index is 0.120. The summed E-state index contributed by atoms with van der Waals surface area (Å²) >= 11 is 0. The predicted molar refractivity (Wildman–Crippen MR) is 148 cm³/mol. The molecule has 34 heavy (non-hydrogen) atoms. The van der Waals surface area contributed by atoms with E-state index in [-0.39, 0.29) is 16.4 Å². The summed E-state index contributed by atoms with van der Waals surface area (Å²) in [6, 6.07) is 16.5. The second-order valence-electron chi connectivity index (χ2n) is 11.6. The highest BCUT2D eigenvalue weighted by atomic mass is 28.4. The number of hydrogen-bond donors (Lipinski definition) is 1. The third-order valence-electron chi connectivity index (χ3n) is 6.84. The van der Waals surface area contributed by atoms with Crippen molar-refractivity contribution < 1.29 is 9.22 Å². The molecule has 1 heterocycles. The van der Waals surface area contributed by atoms with Crippen molar-refractivity contribution in [3.8, 4) is 0 Å². The highest BCUT2D eigenvalue weighted by molar-refractivity contribution is 6.74. The molecule has 1 aromatic heterocycles. The molecule has 0 aliphatic rings. The highest BCUT2D eigenvalue weighted by Gasteiger charge is 2.36. The standard InChI is InChI=1S/C29H40N2O2Si/c1-28(2,3)24-12-9-22(10-13-24)11-16-27(32)30-25-14-15-26-23(21-25)17-18-31(26)19-20-33-34(7,8)29(4,5)6/h9-18,21H,19-20H2,1-8H3,(H,30,32)/b16-11+. The van der Waals surface area contributed by atoms with E-state index >= 15 is 0 Å². The first-order valence-electron chi connectivity index (χ1n) is 12.1. The van der Waals surface area contributed by atoms with E-state index in [1.165, 1.54) is 5.56 Å². The van der Waals surface area contributed by atoms with Gasteiger partial charge in [0, 0.05) is 35.4 Å². The van der Waals surface area contributed by atoms with Crippen molar-refractivity contribution in [3.63, 3.8) is 0 Å². The Labute approximate surface area is 206 Å². The molecule has 4 nitrogen and oxygen atoms in total. The lowest BCUT2D eigenvalue weighted by Crippen LogP contribution is -2.41. The number of hydrogen-bond acceptors (Lipinski definition) is 2. The molecular formula is C29H40N2O2Si. The van der Waals surface area contributed by atoms with E-state index in [0.717, 1.165) is 28.7 Å². The Morgan fingerprint density at radius 3 is 2.29 bits per heavy atom. The van der Waals surface area contributed by atoms with Crippen molar-refractivity contribution in [1.82, 2.24) is 4.57 Å². The van der Waals surface area contributed by atoms with Gasteiger partial charge >= 0.3 is 0 Å². The number of carbonyl (C=O) groups is 1. The smallest absolute Gasteiger partial charge is 0.248 e. The van der Waals surface area contributed by atoms with Gasteiger partial charge in [-0.05, 0) is 65.0 Å². The molecule has 0 spiro atoms. The largest absolute Gasteiger partial charge is 0.415 e. The van der Waals surface area contributed by atoms with Gasteiger partial charge in [-0.2, -0.15) is 0 Å².